The highest BCUT2D eigenvalue weighted by Crippen LogP contribution is 2.34. The lowest BCUT2D eigenvalue weighted by Crippen LogP contribution is -2.33. The van der Waals surface area contributed by atoms with Crippen molar-refractivity contribution in [1.82, 2.24) is 13.8 Å². The van der Waals surface area contributed by atoms with Gasteiger partial charge in [-0.2, -0.15) is 4.31 Å². The van der Waals surface area contributed by atoms with Crippen LogP contribution in [0.25, 0.3) is 0 Å². The molecule has 2 saturated heterocycles. The van der Waals surface area contributed by atoms with Gasteiger partial charge >= 0.3 is 0 Å². The Hall–Kier alpha value is -1.48. The molecule has 0 aromatic carbocycles. The number of hydrogen-bond donors (Lipinski definition) is 0. The van der Waals surface area contributed by atoms with Crippen LogP contribution < -0.4 is 5.56 Å². The number of sulfonamides is 1. The van der Waals surface area contributed by atoms with Crippen molar-refractivity contribution in [3.63, 3.8) is 0 Å². The predicted molar refractivity (Wildman–Crippen MR) is 102 cm³/mol. The van der Waals surface area contributed by atoms with E-state index in [9.17, 15) is 13.2 Å². The van der Waals surface area contributed by atoms with Gasteiger partial charge in [0.05, 0.1) is 11.6 Å². The van der Waals surface area contributed by atoms with Gasteiger partial charge in [0.2, 0.25) is 10.0 Å². The van der Waals surface area contributed by atoms with Gasteiger partial charge in [0.25, 0.3) is 5.56 Å². The van der Waals surface area contributed by atoms with E-state index in [0.717, 1.165) is 32.2 Å². The second kappa shape index (κ2) is 7.26. The minimum absolute atomic E-state index is 0.165. The maximum atomic E-state index is 12.8. The number of nitrogens with zero attached hydrogens (tertiary/aromatic N) is 3. The minimum atomic E-state index is -3.51. The van der Waals surface area contributed by atoms with Gasteiger partial charge in [-0.25, -0.2) is 8.42 Å². The number of hydrogen-bond acceptors (Lipinski definition) is 5. The summed E-state index contributed by atoms with van der Waals surface area (Å²) >= 11 is 1.73. The van der Waals surface area contributed by atoms with Gasteiger partial charge < -0.3 is 4.57 Å². The molecular formula is C18H23N3O3S2. The molecule has 0 aliphatic carbocycles. The highest BCUT2D eigenvalue weighted by Gasteiger charge is 2.29. The lowest BCUT2D eigenvalue weighted by molar-refractivity contribution is 0.201. The molecule has 2 aromatic heterocycles. The standard InChI is InChI=1S/C18H23N3O3S2/c22-18-8-7-15(26(23,24)21-10-1-2-11-21)13-20(18)14-19-9-3-5-16(19)17-6-4-12-25-17/h4,6-8,12-13,16H,1-3,5,9-11,14H2/t16-/m0/s1. The summed E-state index contributed by atoms with van der Waals surface area (Å²) < 4.78 is 28.6. The van der Waals surface area contributed by atoms with E-state index in [1.54, 1.807) is 11.3 Å². The fourth-order valence-electron chi connectivity index (χ4n) is 3.84. The Labute approximate surface area is 157 Å². The van der Waals surface area contributed by atoms with Crippen molar-refractivity contribution in [2.45, 2.75) is 43.3 Å². The summed E-state index contributed by atoms with van der Waals surface area (Å²) in [5, 5.41) is 2.07. The average molecular weight is 394 g/mol. The molecule has 0 bridgehead atoms. The molecule has 0 radical (unpaired) electrons. The second-order valence-electron chi connectivity index (χ2n) is 6.91. The van der Waals surface area contributed by atoms with Crippen molar-refractivity contribution in [2.75, 3.05) is 19.6 Å². The summed E-state index contributed by atoms with van der Waals surface area (Å²) in [6.07, 6.45) is 5.47. The predicted octanol–water partition coefficient (Wildman–Crippen LogP) is 2.49. The van der Waals surface area contributed by atoms with Gasteiger partial charge in [0, 0.05) is 42.8 Å². The Bertz CT molecular complexity index is 915. The largest absolute Gasteiger partial charge is 0.301 e. The first-order valence-electron chi connectivity index (χ1n) is 9.04. The molecule has 1 atom stereocenters. The smallest absolute Gasteiger partial charge is 0.251 e. The Morgan fingerprint density at radius 2 is 1.88 bits per heavy atom. The zero-order chi connectivity index (χ0) is 18.1. The zero-order valence-corrected chi connectivity index (χ0v) is 16.2. The maximum Gasteiger partial charge on any atom is 0.251 e. The quantitative estimate of drug-likeness (QED) is 0.783. The van der Waals surface area contributed by atoms with Crippen molar-refractivity contribution in [1.29, 1.82) is 0 Å². The number of aromatic nitrogens is 1. The van der Waals surface area contributed by atoms with Gasteiger partial charge in [0.1, 0.15) is 0 Å². The highest BCUT2D eigenvalue weighted by atomic mass is 32.2. The van der Waals surface area contributed by atoms with Crippen LogP contribution in [-0.4, -0.2) is 41.8 Å². The molecule has 2 aromatic rings. The molecule has 0 N–H and O–H groups in total. The van der Waals surface area contributed by atoms with Crippen LogP contribution in [0, 0.1) is 0 Å². The molecule has 4 heterocycles. The van der Waals surface area contributed by atoms with E-state index in [1.807, 2.05) is 6.07 Å². The summed E-state index contributed by atoms with van der Waals surface area (Å²) in [6, 6.07) is 7.30. The van der Waals surface area contributed by atoms with E-state index in [2.05, 4.69) is 16.3 Å². The normalized spacial score (nSPS) is 22.2. The van der Waals surface area contributed by atoms with Crippen LogP contribution in [0.3, 0.4) is 0 Å². The van der Waals surface area contributed by atoms with Crippen LogP contribution in [0.1, 0.15) is 36.6 Å². The van der Waals surface area contributed by atoms with Crippen LogP contribution >= 0.6 is 11.3 Å². The van der Waals surface area contributed by atoms with E-state index < -0.39 is 10.0 Å². The Morgan fingerprint density at radius 1 is 1.08 bits per heavy atom. The van der Waals surface area contributed by atoms with Gasteiger partial charge in [-0.05, 0) is 43.2 Å². The third-order valence-corrected chi connectivity index (χ3v) is 8.08. The van der Waals surface area contributed by atoms with Crippen molar-refractivity contribution in [2.24, 2.45) is 0 Å². The van der Waals surface area contributed by atoms with E-state index in [1.165, 1.54) is 32.1 Å². The average Bonchev–Trinajstić information content (AvgIpc) is 3.39. The summed E-state index contributed by atoms with van der Waals surface area (Å²) in [5.41, 5.74) is -0.165. The van der Waals surface area contributed by atoms with Crippen LogP contribution in [0.15, 0.2) is 45.5 Å². The Balaban J connectivity index is 1.60. The van der Waals surface area contributed by atoms with Gasteiger partial charge in [-0.15, -0.1) is 11.3 Å². The van der Waals surface area contributed by atoms with Crippen LogP contribution in [0.4, 0.5) is 0 Å². The summed E-state index contributed by atoms with van der Waals surface area (Å²) in [6.45, 7) is 2.46. The number of likely N-dealkylation sites (tertiary alicyclic amines) is 1. The minimum Gasteiger partial charge on any atom is -0.301 e. The molecule has 140 valence electrons. The monoisotopic (exact) mass is 393 g/mol. The van der Waals surface area contributed by atoms with Crippen LogP contribution in [0.5, 0.6) is 0 Å². The van der Waals surface area contributed by atoms with Crippen molar-refractivity contribution in [3.8, 4) is 0 Å². The molecule has 0 spiro atoms. The highest BCUT2D eigenvalue weighted by molar-refractivity contribution is 7.89. The van der Waals surface area contributed by atoms with Crippen molar-refractivity contribution < 1.29 is 8.42 Å². The number of pyridine rings is 1. The van der Waals surface area contributed by atoms with E-state index >= 15 is 0 Å². The Morgan fingerprint density at radius 3 is 2.62 bits per heavy atom. The molecule has 2 aliphatic rings. The molecule has 2 fully saturated rings. The first kappa shape index (κ1) is 17.9. The summed E-state index contributed by atoms with van der Waals surface area (Å²) in [7, 11) is -3.51. The topological polar surface area (TPSA) is 62.6 Å². The van der Waals surface area contributed by atoms with Gasteiger partial charge in [-0.1, -0.05) is 6.07 Å². The van der Waals surface area contributed by atoms with E-state index in [-0.39, 0.29) is 10.5 Å². The molecule has 8 heteroatoms. The third kappa shape index (κ3) is 3.38. The van der Waals surface area contributed by atoms with Crippen LogP contribution in [-0.2, 0) is 16.7 Å². The molecule has 0 amide bonds. The number of rotatable bonds is 5. The van der Waals surface area contributed by atoms with E-state index in [0.29, 0.717) is 25.8 Å². The van der Waals surface area contributed by atoms with Gasteiger partial charge in [0.15, 0.2) is 0 Å². The van der Waals surface area contributed by atoms with Crippen molar-refractivity contribution in [3.05, 3.63) is 51.1 Å². The SMILES string of the molecule is O=c1ccc(S(=O)(=O)N2CCCC2)cn1CN1CCC[C@H]1c1cccs1. The zero-order valence-electron chi connectivity index (χ0n) is 14.6. The third-order valence-electron chi connectivity index (χ3n) is 5.23. The lowest BCUT2D eigenvalue weighted by atomic mass is 10.2. The molecule has 2 aliphatic heterocycles. The molecule has 4 rings (SSSR count). The molecule has 0 unspecified atom stereocenters. The lowest BCUT2D eigenvalue weighted by Gasteiger charge is -2.25. The first-order valence-corrected chi connectivity index (χ1v) is 11.4. The fraction of sp³-hybridized carbons (Fsp3) is 0.500. The van der Waals surface area contributed by atoms with Crippen LogP contribution in [0.2, 0.25) is 0 Å². The summed E-state index contributed by atoms with van der Waals surface area (Å²) in [4.78, 5) is 16.1. The van der Waals surface area contributed by atoms with E-state index in [4.69, 9.17) is 0 Å². The molecular weight excluding hydrogens is 370 g/mol. The second-order valence-corrected chi connectivity index (χ2v) is 9.83. The first-order chi connectivity index (χ1) is 12.6. The molecule has 6 nitrogen and oxygen atoms in total. The fourth-order valence-corrected chi connectivity index (χ4v) is 6.28. The van der Waals surface area contributed by atoms with Gasteiger partial charge in [-0.3, -0.25) is 9.69 Å². The molecule has 0 saturated carbocycles. The van der Waals surface area contributed by atoms with Crippen molar-refractivity contribution >= 4 is 21.4 Å². The number of thiophene rings is 1. The summed E-state index contributed by atoms with van der Waals surface area (Å²) in [5.74, 6) is 0. The Kier molecular flexibility index (Phi) is 5.00. The molecule has 26 heavy (non-hydrogen) atoms. The maximum absolute atomic E-state index is 12.8.